The Bertz CT molecular complexity index is 990. The summed E-state index contributed by atoms with van der Waals surface area (Å²) in [5.74, 6) is 0. The number of benzene rings is 1. The molecule has 0 fully saturated rings. The standard InChI is InChI=1S/C15H12N6S2/c1-9-3-4-10(2)12(7-9)21-15(18-19-20-21)23-14-11-5-6-22-13(11)16-8-17-14/h3-8H,1-2H3. The number of thiophene rings is 1. The third-order valence-electron chi connectivity index (χ3n) is 3.45. The molecule has 6 nitrogen and oxygen atoms in total. The number of aromatic nitrogens is 6. The summed E-state index contributed by atoms with van der Waals surface area (Å²) in [6, 6.07) is 8.25. The van der Waals surface area contributed by atoms with Gasteiger partial charge in [-0.2, -0.15) is 4.68 Å². The number of aryl methyl sites for hydroxylation is 2. The van der Waals surface area contributed by atoms with Crippen molar-refractivity contribution >= 4 is 33.3 Å². The fourth-order valence-electron chi connectivity index (χ4n) is 2.28. The molecule has 0 bridgehead atoms. The van der Waals surface area contributed by atoms with Crippen molar-refractivity contribution in [2.24, 2.45) is 0 Å². The van der Waals surface area contributed by atoms with Crippen LogP contribution < -0.4 is 0 Å². The van der Waals surface area contributed by atoms with Crippen molar-refractivity contribution in [1.29, 1.82) is 0 Å². The lowest BCUT2D eigenvalue weighted by Crippen LogP contribution is -2.02. The van der Waals surface area contributed by atoms with E-state index in [-0.39, 0.29) is 0 Å². The molecule has 3 aromatic heterocycles. The first-order valence-electron chi connectivity index (χ1n) is 6.94. The zero-order chi connectivity index (χ0) is 15.8. The van der Waals surface area contributed by atoms with Crippen LogP contribution in [0.2, 0.25) is 0 Å². The highest BCUT2D eigenvalue weighted by Gasteiger charge is 2.15. The Morgan fingerprint density at radius 3 is 2.96 bits per heavy atom. The average Bonchev–Trinajstić information content (AvgIpc) is 3.19. The van der Waals surface area contributed by atoms with Crippen molar-refractivity contribution in [3.05, 3.63) is 47.1 Å². The van der Waals surface area contributed by atoms with Crippen LogP contribution >= 0.6 is 23.1 Å². The molecule has 4 aromatic rings. The quantitative estimate of drug-likeness (QED) is 0.532. The molecular weight excluding hydrogens is 328 g/mol. The number of hydrogen-bond acceptors (Lipinski definition) is 7. The topological polar surface area (TPSA) is 69.4 Å². The van der Waals surface area contributed by atoms with Crippen LogP contribution in [0.5, 0.6) is 0 Å². The Hall–Kier alpha value is -2.32. The molecule has 114 valence electrons. The van der Waals surface area contributed by atoms with Gasteiger partial charge in [0.25, 0.3) is 0 Å². The van der Waals surface area contributed by atoms with Crippen molar-refractivity contribution in [1.82, 2.24) is 30.2 Å². The van der Waals surface area contributed by atoms with Gasteiger partial charge in [-0.15, -0.1) is 16.4 Å². The van der Waals surface area contributed by atoms with Gasteiger partial charge in [-0.25, -0.2) is 9.97 Å². The van der Waals surface area contributed by atoms with E-state index in [0.717, 1.165) is 26.5 Å². The highest BCUT2D eigenvalue weighted by atomic mass is 32.2. The molecule has 0 amide bonds. The highest BCUT2D eigenvalue weighted by Crippen LogP contribution is 2.32. The molecule has 0 unspecified atom stereocenters. The van der Waals surface area contributed by atoms with Crippen LogP contribution in [0.1, 0.15) is 11.1 Å². The molecule has 0 radical (unpaired) electrons. The van der Waals surface area contributed by atoms with Gasteiger partial charge in [0.1, 0.15) is 16.2 Å². The van der Waals surface area contributed by atoms with Gasteiger partial charge in [-0.05, 0) is 64.7 Å². The van der Waals surface area contributed by atoms with Crippen molar-refractivity contribution in [3.8, 4) is 5.69 Å². The van der Waals surface area contributed by atoms with E-state index in [4.69, 9.17) is 0 Å². The lowest BCUT2D eigenvalue weighted by Gasteiger charge is -2.08. The average molecular weight is 340 g/mol. The molecule has 0 N–H and O–H groups in total. The summed E-state index contributed by atoms with van der Waals surface area (Å²) in [4.78, 5) is 9.62. The van der Waals surface area contributed by atoms with Crippen LogP contribution in [0.25, 0.3) is 15.9 Å². The Labute approximate surface area is 140 Å². The van der Waals surface area contributed by atoms with E-state index in [9.17, 15) is 0 Å². The molecule has 0 spiro atoms. The molecular formula is C15H12N6S2. The van der Waals surface area contributed by atoms with Gasteiger partial charge in [0, 0.05) is 5.39 Å². The van der Waals surface area contributed by atoms with Crippen LogP contribution in [0.3, 0.4) is 0 Å². The van der Waals surface area contributed by atoms with Gasteiger partial charge in [0.15, 0.2) is 0 Å². The summed E-state index contributed by atoms with van der Waals surface area (Å²) in [5.41, 5.74) is 3.26. The molecule has 8 heteroatoms. The van der Waals surface area contributed by atoms with Gasteiger partial charge in [-0.1, -0.05) is 12.1 Å². The van der Waals surface area contributed by atoms with Crippen LogP contribution in [-0.2, 0) is 0 Å². The number of fused-ring (bicyclic) bond motifs is 1. The summed E-state index contributed by atoms with van der Waals surface area (Å²) < 4.78 is 1.76. The maximum absolute atomic E-state index is 4.38. The second-order valence-corrected chi connectivity index (χ2v) is 6.93. The third-order valence-corrected chi connectivity index (χ3v) is 5.22. The fraction of sp³-hybridized carbons (Fsp3) is 0.133. The summed E-state index contributed by atoms with van der Waals surface area (Å²) in [6.07, 6.45) is 1.58. The smallest absolute Gasteiger partial charge is 0.220 e. The first-order valence-corrected chi connectivity index (χ1v) is 8.64. The van der Waals surface area contributed by atoms with Crippen LogP contribution in [0.15, 0.2) is 46.2 Å². The summed E-state index contributed by atoms with van der Waals surface area (Å²) >= 11 is 3.04. The van der Waals surface area contributed by atoms with Gasteiger partial charge < -0.3 is 0 Å². The minimum atomic E-state index is 0.685. The monoisotopic (exact) mass is 340 g/mol. The van der Waals surface area contributed by atoms with E-state index in [2.05, 4.69) is 50.6 Å². The van der Waals surface area contributed by atoms with E-state index in [0.29, 0.717) is 5.16 Å². The van der Waals surface area contributed by atoms with E-state index in [1.165, 1.54) is 17.3 Å². The number of tetrazole rings is 1. The fourth-order valence-corrected chi connectivity index (χ4v) is 3.92. The second kappa shape index (κ2) is 5.71. The van der Waals surface area contributed by atoms with Gasteiger partial charge in [0.05, 0.1) is 5.69 Å². The van der Waals surface area contributed by atoms with E-state index >= 15 is 0 Å². The lowest BCUT2D eigenvalue weighted by molar-refractivity contribution is 0.751. The molecule has 0 aliphatic rings. The summed E-state index contributed by atoms with van der Waals surface area (Å²) in [5, 5.41) is 16.7. The van der Waals surface area contributed by atoms with Crippen molar-refractivity contribution in [2.75, 3.05) is 0 Å². The minimum Gasteiger partial charge on any atom is -0.229 e. The summed E-state index contributed by atoms with van der Waals surface area (Å²) in [6.45, 7) is 4.10. The van der Waals surface area contributed by atoms with Crippen molar-refractivity contribution in [3.63, 3.8) is 0 Å². The minimum absolute atomic E-state index is 0.685. The number of nitrogens with zero attached hydrogens (tertiary/aromatic N) is 6. The molecule has 3 heterocycles. The largest absolute Gasteiger partial charge is 0.229 e. The van der Waals surface area contributed by atoms with Gasteiger partial charge >= 0.3 is 0 Å². The Morgan fingerprint density at radius 2 is 2.04 bits per heavy atom. The highest BCUT2D eigenvalue weighted by molar-refractivity contribution is 7.99. The molecule has 0 saturated carbocycles. The van der Waals surface area contributed by atoms with E-state index in [1.807, 2.05) is 18.4 Å². The Morgan fingerprint density at radius 1 is 1.13 bits per heavy atom. The Kier molecular flexibility index (Phi) is 3.55. The Balaban J connectivity index is 1.79. The van der Waals surface area contributed by atoms with Crippen molar-refractivity contribution < 1.29 is 0 Å². The number of rotatable bonds is 3. The molecule has 0 aliphatic carbocycles. The van der Waals surface area contributed by atoms with Crippen LogP contribution in [0, 0.1) is 13.8 Å². The second-order valence-electron chi connectivity index (χ2n) is 5.08. The van der Waals surface area contributed by atoms with E-state index < -0.39 is 0 Å². The normalized spacial score (nSPS) is 11.2. The molecule has 0 saturated heterocycles. The molecule has 23 heavy (non-hydrogen) atoms. The third kappa shape index (κ3) is 2.60. The number of hydrogen-bond donors (Lipinski definition) is 0. The zero-order valence-electron chi connectivity index (χ0n) is 12.5. The zero-order valence-corrected chi connectivity index (χ0v) is 14.1. The molecule has 0 atom stereocenters. The first-order chi connectivity index (χ1) is 11.2. The van der Waals surface area contributed by atoms with Gasteiger partial charge in [0.2, 0.25) is 5.16 Å². The molecule has 1 aromatic carbocycles. The predicted octanol–water partition coefficient (Wildman–Crippen LogP) is 3.44. The van der Waals surface area contributed by atoms with Gasteiger partial charge in [-0.3, -0.25) is 0 Å². The first kappa shape index (κ1) is 14.3. The van der Waals surface area contributed by atoms with Crippen molar-refractivity contribution in [2.45, 2.75) is 24.0 Å². The molecule has 4 rings (SSSR count). The van der Waals surface area contributed by atoms with Crippen LogP contribution in [0.4, 0.5) is 0 Å². The predicted molar refractivity (Wildman–Crippen MR) is 90.2 cm³/mol. The molecule has 0 aliphatic heterocycles. The maximum Gasteiger partial charge on any atom is 0.220 e. The SMILES string of the molecule is Cc1ccc(C)c(-n2nnnc2Sc2ncnc3sccc23)c1. The maximum atomic E-state index is 4.38. The van der Waals surface area contributed by atoms with E-state index in [1.54, 1.807) is 22.3 Å². The van der Waals surface area contributed by atoms with Crippen LogP contribution in [-0.4, -0.2) is 30.2 Å². The summed E-state index contributed by atoms with van der Waals surface area (Å²) in [7, 11) is 0. The lowest BCUT2D eigenvalue weighted by atomic mass is 10.1.